The van der Waals surface area contributed by atoms with Gasteiger partial charge in [0.05, 0.1) is 23.7 Å². The molecule has 1 fully saturated rings. The Morgan fingerprint density at radius 2 is 2.00 bits per heavy atom. The average molecular weight is 341 g/mol. The standard InChI is InChI=1S/C16H23NO5S/c1-11(2)13-6-5-12(15(18)19)7-14(13)23(20,21)17(4)8-16(3)9-22-10-16/h5-7,11H,8-10H2,1-4H3,(H,18,19). The number of nitrogens with zero attached hydrogens (tertiary/aromatic N) is 1. The van der Waals surface area contributed by atoms with Crippen LogP contribution in [0.25, 0.3) is 0 Å². The van der Waals surface area contributed by atoms with Gasteiger partial charge >= 0.3 is 5.97 Å². The second-order valence-electron chi connectivity index (χ2n) is 6.78. The number of ether oxygens (including phenoxy) is 1. The number of carboxylic acids is 1. The van der Waals surface area contributed by atoms with E-state index in [4.69, 9.17) is 9.84 Å². The summed E-state index contributed by atoms with van der Waals surface area (Å²) >= 11 is 0. The van der Waals surface area contributed by atoms with Gasteiger partial charge in [0.25, 0.3) is 0 Å². The molecule has 1 aliphatic rings. The second-order valence-corrected chi connectivity index (χ2v) is 8.79. The first-order chi connectivity index (χ1) is 10.6. The van der Waals surface area contributed by atoms with Gasteiger partial charge in [-0.25, -0.2) is 17.5 Å². The van der Waals surface area contributed by atoms with E-state index >= 15 is 0 Å². The number of hydrogen-bond donors (Lipinski definition) is 1. The van der Waals surface area contributed by atoms with E-state index < -0.39 is 16.0 Å². The molecule has 2 rings (SSSR count). The Morgan fingerprint density at radius 1 is 1.39 bits per heavy atom. The van der Waals surface area contributed by atoms with Crippen molar-refractivity contribution in [1.82, 2.24) is 4.31 Å². The lowest BCUT2D eigenvalue weighted by molar-refractivity contribution is -0.106. The van der Waals surface area contributed by atoms with Crippen LogP contribution in [0.2, 0.25) is 0 Å². The molecule has 0 bridgehead atoms. The maximum Gasteiger partial charge on any atom is 0.335 e. The maximum atomic E-state index is 12.9. The van der Waals surface area contributed by atoms with Crippen molar-refractivity contribution < 1.29 is 23.1 Å². The van der Waals surface area contributed by atoms with Crippen LogP contribution in [-0.4, -0.2) is 50.6 Å². The van der Waals surface area contributed by atoms with Crippen LogP contribution < -0.4 is 0 Å². The summed E-state index contributed by atoms with van der Waals surface area (Å²) in [6.45, 7) is 7.13. The minimum Gasteiger partial charge on any atom is -0.478 e. The minimum atomic E-state index is -3.77. The van der Waals surface area contributed by atoms with Crippen molar-refractivity contribution in [2.45, 2.75) is 31.6 Å². The Kier molecular flexibility index (Phi) is 4.84. The maximum absolute atomic E-state index is 12.9. The van der Waals surface area contributed by atoms with Crippen molar-refractivity contribution in [2.75, 3.05) is 26.8 Å². The second kappa shape index (κ2) is 6.22. The van der Waals surface area contributed by atoms with E-state index in [1.54, 1.807) is 6.07 Å². The first kappa shape index (κ1) is 17.9. The molecule has 0 atom stereocenters. The quantitative estimate of drug-likeness (QED) is 0.857. The highest BCUT2D eigenvalue weighted by molar-refractivity contribution is 7.89. The van der Waals surface area contributed by atoms with Crippen LogP contribution >= 0.6 is 0 Å². The first-order valence-corrected chi connectivity index (χ1v) is 8.92. The Bertz CT molecular complexity index is 707. The summed E-state index contributed by atoms with van der Waals surface area (Å²) in [5, 5.41) is 9.15. The summed E-state index contributed by atoms with van der Waals surface area (Å²) in [5.41, 5.74) is 0.404. The van der Waals surface area contributed by atoms with Gasteiger partial charge in [-0.3, -0.25) is 0 Å². The van der Waals surface area contributed by atoms with Crippen LogP contribution in [-0.2, 0) is 14.8 Å². The van der Waals surface area contributed by atoms with E-state index in [1.165, 1.54) is 23.5 Å². The van der Waals surface area contributed by atoms with Gasteiger partial charge in [0, 0.05) is 19.0 Å². The van der Waals surface area contributed by atoms with E-state index in [9.17, 15) is 13.2 Å². The number of aromatic carboxylic acids is 1. The Balaban J connectivity index is 2.44. The van der Waals surface area contributed by atoms with Crippen LogP contribution in [0.5, 0.6) is 0 Å². The van der Waals surface area contributed by atoms with Crippen molar-refractivity contribution in [2.24, 2.45) is 5.41 Å². The smallest absolute Gasteiger partial charge is 0.335 e. The summed E-state index contributed by atoms with van der Waals surface area (Å²) < 4.78 is 32.3. The number of carboxylic acid groups (broad SMARTS) is 1. The molecule has 1 aromatic rings. The van der Waals surface area contributed by atoms with Crippen molar-refractivity contribution in [3.63, 3.8) is 0 Å². The first-order valence-electron chi connectivity index (χ1n) is 7.48. The lowest BCUT2D eigenvalue weighted by Gasteiger charge is -2.40. The topological polar surface area (TPSA) is 83.9 Å². The minimum absolute atomic E-state index is 0.0282. The molecule has 6 nitrogen and oxygen atoms in total. The predicted molar refractivity (Wildman–Crippen MR) is 86.2 cm³/mol. The molecule has 23 heavy (non-hydrogen) atoms. The molecule has 0 aromatic heterocycles. The highest BCUT2D eigenvalue weighted by atomic mass is 32.2. The van der Waals surface area contributed by atoms with E-state index in [0.29, 0.717) is 25.3 Å². The van der Waals surface area contributed by atoms with Crippen LogP contribution in [0.4, 0.5) is 0 Å². The van der Waals surface area contributed by atoms with Crippen molar-refractivity contribution in [1.29, 1.82) is 0 Å². The SMILES string of the molecule is CC(C)c1ccc(C(=O)O)cc1S(=O)(=O)N(C)CC1(C)COC1. The lowest BCUT2D eigenvalue weighted by atomic mass is 9.89. The van der Waals surface area contributed by atoms with Crippen LogP contribution in [0.1, 0.15) is 42.6 Å². The van der Waals surface area contributed by atoms with Gasteiger partial charge in [0.15, 0.2) is 0 Å². The van der Waals surface area contributed by atoms with Gasteiger partial charge in [0.1, 0.15) is 0 Å². The fourth-order valence-electron chi connectivity index (χ4n) is 2.70. The monoisotopic (exact) mass is 341 g/mol. The van der Waals surface area contributed by atoms with Crippen molar-refractivity contribution in [3.05, 3.63) is 29.3 Å². The molecule has 0 radical (unpaired) electrons. The largest absolute Gasteiger partial charge is 0.478 e. The zero-order valence-corrected chi connectivity index (χ0v) is 14.7. The molecule has 7 heteroatoms. The molecule has 0 spiro atoms. The highest BCUT2D eigenvalue weighted by Gasteiger charge is 2.38. The van der Waals surface area contributed by atoms with E-state index in [1.807, 2.05) is 20.8 Å². The van der Waals surface area contributed by atoms with Crippen LogP contribution in [0, 0.1) is 5.41 Å². The number of hydrogen-bond acceptors (Lipinski definition) is 4. The Labute approximate surface area is 137 Å². The van der Waals surface area contributed by atoms with Crippen LogP contribution in [0.15, 0.2) is 23.1 Å². The normalized spacial score (nSPS) is 17.3. The van der Waals surface area contributed by atoms with E-state index in [2.05, 4.69) is 0 Å². The fourth-order valence-corrected chi connectivity index (χ4v) is 4.39. The zero-order chi connectivity index (χ0) is 17.4. The molecule has 1 aromatic carbocycles. The molecule has 0 unspecified atom stereocenters. The van der Waals surface area contributed by atoms with Gasteiger partial charge in [-0.15, -0.1) is 0 Å². The molecule has 1 saturated heterocycles. The molecule has 0 aliphatic carbocycles. The van der Waals surface area contributed by atoms with E-state index in [0.717, 1.165) is 0 Å². The average Bonchev–Trinajstić information content (AvgIpc) is 2.44. The van der Waals surface area contributed by atoms with Gasteiger partial charge < -0.3 is 9.84 Å². The summed E-state index contributed by atoms with van der Waals surface area (Å²) in [5.74, 6) is -1.17. The van der Waals surface area contributed by atoms with Gasteiger partial charge in [-0.1, -0.05) is 26.8 Å². The zero-order valence-electron chi connectivity index (χ0n) is 13.9. The van der Waals surface area contributed by atoms with Gasteiger partial charge in [-0.2, -0.15) is 0 Å². The number of sulfonamides is 1. The molecular formula is C16H23NO5S. The van der Waals surface area contributed by atoms with Gasteiger partial charge in [0.2, 0.25) is 10.0 Å². The highest BCUT2D eigenvalue weighted by Crippen LogP contribution is 2.32. The van der Waals surface area contributed by atoms with Crippen molar-refractivity contribution >= 4 is 16.0 Å². The molecule has 0 saturated carbocycles. The fraction of sp³-hybridized carbons (Fsp3) is 0.562. The number of benzene rings is 1. The van der Waals surface area contributed by atoms with Crippen LogP contribution in [0.3, 0.4) is 0 Å². The number of carbonyl (C=O) groups is 1. The summed E-state index contributed by atoms with van der Waals surface area (Å²) in [6.07, 6.45) is 0. The van der Waals surface area contributed by atoms with Gasteiger partial charge in [-0.05, 0) is 23.6 Å². The molecule has 1 aliphatic heterocycles. The Morgan fingerprint density at radius 3 is 2.43 bits per heavy atom. The molecular weight excluding hydrogens is 318 g/mol. The predicted octanol–water partition coefficient (Wildman–Crippen LogP) is 2.17. The molecule has 128 valence electrons. The third-order valence-corrected chi connectivity index (χ3v) is 5.94. The summed E-state index contributed by atoms with van der Waals surface area (Å²) in [4.78, 5) is 11.3. The molecule has 1 N–H and O–H groups in total. The summed E-state index contributed by atoms with van der Waals surface area (Å²) in [6, 6.07) is 4.28. The van der Waals surface area contributed by atoms with E-state index in [-0.39, 0.29) is 21.8 Å². The molecule has 0 amide bonds. The third kappa shape index (κ3) is 3.57. The third-order valence-electron chi connectivity index (χ3n) is 4.08. The molecule has 1 heterocycles. The summed E-state index contributed by atoms with van der Waals surface area (Å²) in [7, 11) is -2.24. The lowest BCUT2D eigenvalue weighted by Crippen LogP contribution is -2.49. The van der Waals surface area contributed by atoms with Crippen molar-refractivity contribution in [3.8, 4) is 0 Å². The Hall–Kier alpha value is -1.44. The number of rotatable bonds is 6.